The molecule has 1 N–H and O–H groups in total. The van der Waals surface area contributed by atoms with E-state index in [1.165, 1.54) is 4.90 Å². The van der Waals surface area contributed by atoms with Gasteiger partial charge in [0.05, 0.1) is 6.54 Å². The summed E-state index contributed by atoms with van der Waals surface area (Å²) in [4.78, 5) is 1.49. The van der Waals surface area contributed by atoms with E-state index in [0.717, 1.165) is 32.4 Å². The number of likely N-dealkylation sites (tertiary alicyclic amines) is 1. The molecule has 20 heavy (non-hydrogen) atoms. The average molecular weight is 296 g/mol. The van der Waals surface area contributed by atoms with Crippen LogP contribution >= 0.6 is 0 Å². The molecular formula is C14H27F3N2O. The summed E-state index contributed by atoms with van der Waals surface area (Å²) in [6.45, 7) is 6.24. The number of alkyl halides is 3. The van der Waals surface area contributed by atoms with E-state index >= 15 is 0 Å². The second-order valence-corrected chi connectivity index (χ2v) is 6.45. The van der Waals surface area contributed by atoms with Gasteiger partial charge in [-0.15, -0.1) is 0 Å². The van der Waals surface area contributed by atoms with Gasteiger partial charge in [-0.2, -0.15) is 13.2 Å². The Hall–Kier alpha value is -0.330. The van der Waals surface area contributed by atoms with Gasteiger partial charge in [-0.1, -0.05) is 13.8 Å². The van der Waals surface area contributed by atoms with Crippen LogP contribution in [0.3, 0.4) is 0 Å². The molecule has 1 saturated heterocycles. The molecule has 1 aliphatic heterocycles. The van der Waals surface area contributed by atoms with Crippen LogP contribution in [0.4, 0.5) is 13.2 Å². The largest absolute Gasteiger partial charge is 0.401 e. The zero-order chi connectivity index (χ0) is 15.2. The Labute approximate surface area is 119 Å². The summed E-state index contributed by atoms with van der Waals surface area (Å²) in [7, 11) is 1.69. The molecule has 0 aliphatic carbocycles. The van der Waals surface area contributed by atoms with E-state index in [0.29, 0.717) is 19.1 Å². The molecule has 6 heteroatoms. The number of hydrogen-bond donors (Lipinski definition) is 1. The zero-order valence-electron chi connectivity index (χ0n) is 12.7. The average Bonchev–Trinajstić information content (AvgIpc) is 2.34. The molecule has 1 aliphatic rings. The highest BCUT2D eigenvalue weighted by Gasteiger charge is 2.32. The third kappa shape index (κ3) is 7.45. The lowest BCUT2D eigenvalue weighted by Gasteiger charge is -2.35. The van der Waals surface area contributed by atoms with E-state index in [1.807, 2.05) is 0 Å². The van der Waals surface area contributed by atoms with Crippen LogP contribution in [0, 0.1) is 5.41 Å². The quantitative estimate of drug-likeness (QED) is 0.782. The number of methoxy groups -OCH3 is 1. The van der Waals surface area contributed by atoms with Crippen molar-refractivity contribution in [3.63, 3.8) is 0 Å². The predicted molar refractivity (Wildman–Crippen MR) is 73.8 cm³/mol. The minimum atomic E-state index is -4.08. The standard InChI is InChI=1S/C14H27F3N2O/c1-13(2,6-9-20-3)10-18-12-4-7-19(8-5-12)11-14(15,16)17/h12,18H,4-11H2,1-3H3. The fraction of sp³-hybridized carbons (Fsp3) is 1.00. The fourth-order valence-corrected chi connectivity index (χ4v) is 2.44. The minimum Gasteiger partial charge on any atom is -0.385 e. The number of rotatable bonds is 7. The second-order valence-electron chi connectivity index (χ2n) is 6.45. The van der Waals surface area contributed by atoms with Crippen molar-refractivity contribution in [2.45, 2.75) is 45.3 Å². The molecule has 0 aromatic carbocycles. The van der Waals surface area contributed by atoms with Crippen LogP contribution in [0.15, 0.2) is 0 Å². The molecule has 120 valence electrons. The van der Waals surface area contributed by atoms with Gasteiger partial charge in [0.25, 0.3) is 0 Å². The summed E-state index contributed by atoms with van der Waals surface area (Å²) < 4.78 is 42.0. The number of nitrogens with one attached hydrogen (secondary N) is 1. The van der Waals surface area contributed by atoms with Crippen LogP contribution in [0.25, 0.3) is 0 Å². The molecule has 0 bridgehead atoms. The van der Waals surface area contributed by atoms with Crippen LogP contribution in [0.1, 0.15) is 33.1 Å². The molecule has 1 heterocycles. The van der Waals surface area contributed by atoms with Crippen molar-refractivity contribution in [1.29, 1.82) is 0 Å². The molecule has 1 fully saturated rings. The van der Waals surface area contributed by atoms with E-state index in [2.05, 4.69) is 19.2 Å². The summed E-state index contributed by atoms with van der Waals surface area (Å²) in [6, 6.07) is 0.335. The molecule has 0 amide bonds. The smallest absolute Gasteiger partial charge is 0.385 e. The second kappa shape index (κ2) is 7.61. The van der Waals surface area contributed by atoms with Crippen LogP contribution in [-0.4, -0.2) is 57.0 Å². The number of piperidine rings is 1. The maximum atomic E-state index is 12.3. The summed E-state index contributed by atoms with van der Waals surface area (Å²) in [6.07, 6.45) is -1.53. The maximum absolute atomic E-state index is 12.3. The Bertz CT molecular complexity index is 274. The van der Waals surface area contributed by atoms with E-state index < -0.39 is 12.7 Å². The molecule has 0 aromatic heterocycles. The Kier molecular flexibility index (Phi) is 6.75. The third-order valence-electron chi connectivity index (χ3n) is 3.84. The van der Waals surface area contributed by atoms with Crippen molar-refractivity contribution in [2.75, 3.05) is 39.9 Å². The number of ether oxygens (including phenoxy) is 1. The molecule has 3 nitrogen and oxygen atoms in total. The van der Waals surface area contributed by atoms with Crippen molar-refractivity contribution >= 4 is 0 Å². The van der Waals surface area contributed by atoms with Gasteiger partial charge in [0.15, 0.2) is 0 Å². The van der Waals surface area contributed by atoms with Gasteiger partial charge in [0.1, 0.15) is 0 Å². The van der Waals surface area contributed by atoms with Gasteiger partial charge < -0.3 is 10.1 Å². The van der Waals surface area contributed by atoms with Gasteiger partial charge in [0, 0.05) is 26.3 Å². The summed E-state index contributed by atoms with van der Waals surface area (Å²) in [5.41, 5.74) is 0.152. The van der Waals surface area contributed by atoms with Gasteiger partial charge in [-0.05, 0) is 37.8 Å². The molecule has 0 unspecified atom stereocenters. The Morgan fingerprint density at radius 1 is 1.20 bits per heavy atom. The summed E-state index contributed by atoms with van der Waals surface area (Å²) >= 11 is 0. The van der Waals surface area contributed by atoms with Crippen molar-refractivity contribution in [3.05, 3.63) is 0 Å². The molecule has 0 radical (unpaired) electrons. The topological polar surface area (TPSA) is 24.5 Å². The molecule has 0 saturated carbocycles. The lowest BCUT2D eigenvalue weighted by Crippen LogP contribution is -2.47. The summed E-state index contributed by atoms with van der Waals surface area (Å²) in [5, 5.41) is 3.49. The molecule has 0 spiro atoms. The van der Waals surface area contributed by atoms with Crippen molar-refractivity contribution in [2.24, 2.45) is 5.41 Å². The van der Waals surface area contributed by atoms with Crippen LogP contribution < -0.4 is 5.32 Å². The van der Waals surface area contributed by atoms with Crippen LogP contribution in [0.2, 0.25) is 0 Å². The van der Waals surface area contributed by atoms with E-state index in [9.17, 15) is 13.2 Å². The normalized spacial score (nSPS) is 19.5. The zero-order valence-corrected chi connectivity index (χ0v) is 12.7. The van der Waals surface area contributed by atoms with Gasteiger partial charge in [0.2, 0.25) is 0 Å². The first kappa shape index (κ1) is 17.7. The van der Waals surface area contributed by atoms with E-state index in [4.69, 9.17) is 4.74 Å². The monoisotopic (exact) mass is 296 g/mol. The van der Waals surface area contributed by atoms with Gasteiger partial charge >= 0.3 is 6.18 Å². The van der Waals surface area contributed by atoms with E-state index in [1.54, 1.807) is 7.11 Å². The lowest BCUT2D eigenvalue weighted by molar-refractivity contribution is -0.148. The molecule has 0 aromatic rings. The lowest BCUT2D eigenvalue weighted by atomic mass is 9.89. The summed E-state index contributed by atoms with van der Waals surface area (Å²) in [5.74, 6) is 0. The minimum absolute atomic E-state index is 0.152. The molecule has 1 rings (SSSR count). The fourth-order valence-electron chi connectivity index (χ4n) is 2.44. The van der Waals surface area contributed by atoms with Crippen molar-refractivity contribution in [3.8, 4) is 0 Å². The van der Waals surface area contributed by atoms with Gasteiger partial charge in [-0.3, -0.25) is 4.90 Å². The third-order valence-corrected chi connectivity index (χ3v) is 3.84. The number of hydrogen-bond acceptors (Lipinski definition) is 3. The van der Waals surface area contributed by atoms with Crippen LogP contribution in [-0.2, 0) is 4.74 Å². The Morgan fingerprint density at radius 3 is 2.30 bits per heavy atom. The SMILES string of the molecule is COCCC(C)(C)CNC1CCN(CC(F)(F)F)CC1. The number of halogens is 3. The van der Waals surface area contributed by atoms with E-state index in [-0.39, 0.29) is 5.41 Å². The Balaban J connectivity index is 2.22. The predicted octanol–water partition coefficient (Wildman–Crippen LogP) is 2.67. The maximum Gasteiger partial charge on any atom is 0.401 e. The van der Waals surface area contributed by atoms with Crippen molar-refractivity contribution in [1.82, 2.24) is 10.2 Å². The molecule has 0 atom stereocenters. The van der Waals surface area contributed by atoms with Crippen LogP contribution in [0.5, 0.6) is 0 Å². The molecular weight excluding hydrogens is 269 g/mol. The number of nitrogens with zero attached hydrogens (tertiary/aromatic N) is 1. The Morgan fingerprint density at radius 2 is 1.80 bits per heavy atom. The van der Waals surface area contributed by atoms with Gasteiger partial charge in [-0.25, -0.2) is 0 Å². The highest BCUT2D eigenvalue weighted by Crippen LogP contribution is 2.22. The highest BCUT2D eigenvalue weighted by atomic mass is 19.4. The first-order valence-electron chi connectivity index (χ1n) is 7.23. The first-order chi connectivity index (χ1) is 9.22. The highest BCUT2D eigenvalue weighted by molar-refractivity contribution is 4.81. The van der Waals surface area contributed by atoms with Crippen molar-refractivity contribution < 1.29 is 17.9 Å². The first-order valence-corrected chi connectivity index (χ1v) is 7.23.